The molecule has 148 valence electrons. The number of ether oxygens (including phenoxy) is 2. The van der Waals surface area contributed by atoms with E-state index in [1.54, 1.807) is 0 Å². The van der Waals surface area contributed by atoms with Crippen LogP contribution >= 0.6 is 7.92 Å². The number of para-hydroxylation sites is 1. The van der Waals surface area contributed by atoms with Crippen molar-refractivity contribution >= 4 is 18.5 Å². The Balaban J connectivity index is 1.59. The van der Waals surface area contributed by atoms with Crippen LogP contribution in [-0.2, 0) is 10.2 Å². The minimum atomic E-state index is -0.780. The van der Waals surface area contributed by atoms with Gasteiger partial charge in [0.05, 0.1) is 0 Å². The van der Waals surface area contributed by atoms with E-state index < -0.39 is 7.92 Å². The van der Waals surface area contributed by atoms with Crippen LogP contribution in [0.4, 0.5) is 0 Å². The Labute approximate surface area is 178 Å². The minimum Gasteiger partial charge on any atom is -0.457 e. The summed E-state index contributed by atoms with van der Waals surface area (Å²) in [4.78, 5) is 0. The lowest BCUT2D eigenvalue weighted by molar-refractivity contribution is 0.333. The van der Waals surface area contributed by atoms with Gasteiger partial charge in [-0.2, -0.15) is 0 Å². The summed E-state index contributed by atoms with van der Waals surface area (Å²) in [6.45, 7) is 4.62. The molecule has 0 spiro atoms. The average molecular weight is 410 g/mol. The highest BCUT2D eigenvalue weighted by molar-refractivity contribution is 7.74. The van der Waals surface area contributed by atoms with E-state index in [2.05, 4.69) is 105 Å². The number of hydrogen-bond donors (Lipinski definition) is 0. The van der Waals surface area contributed by atoms with E-state index in [4.69, 9.17) is 9.47 Å². The molecule has 30 heavy (non-hydrogen) atoms. The first-order valence-electron chi connectivity index (χ1n) is 10.4. The Morgan fingerprint density at radius 2 is 1.37 bits per heavy atom. The highest BCUT2D eigenvalue weighted by atomic mass is 31.1. The summed E-state index contributed by atoms with van der Waals surface area (Å²) < 4.78 is 13.1. The average Bonchev–Trinajstić information content (AvgIpc) is 3.50. The molecular formula is C27H23O2P. The van der Waals surface area contributed by atoms with Crippen LogP contribution in [0.2, 0.25) is 0 Å². The molecule has 1 fully saturated rings. The van der Waals surface area contributed by atoms with Gasteiger partial charge in [0, 0.05) is 16.6 Å². The van der Waals surface area contributed by atoms with E-state index >= 15 is 0 Å². The molecule has 2 heterocycles. The smallest absolute Gasteiger partial charge is 0.151 e. The molecule has 1 aliphatic carbocycles. The Morgan fingerprint density at radius 1 is 0.767 bits per heavy atom. The standard InChI is InChI=1S/C27H23O2P/c1-26(2)21-15-9-10-16-22(21)28-23-17-18-24-27(29-24,25(23)26)30(19-11-5-3-6-12-19)20-13-7-4-8-14-20/h3-18,24H,1-2H3. The Kier molecular flexibility index (Phi) is 3.87. The van der Waals surface area contributed by atoms with Crippen molar-refractivity contribution < 1.29 is 9.47 Å². The Morgan fingerprint density at radius 3 is 2.03 bits per heavy atom. The number of benzene rings is 3. The predicted molar refractivity (Wildman–Crippen MR) is 123 cm³/mol. The fourth-order valence-corrected chi connectivity index (χ4v) is 8.29. The van der Waals surface area contributed by atoms with Crippen molar-refractivity contribution in [2.75, 3.05) is 0 Å². The second-order valence-corrected chi connectivity index (χ2v) is 10.9. The number of rotatable bonds is 3. The predicted octanol–water partition coefficient (Wildman–Crippen LogP) is 5.41. The van der Waals surface area contributed by atoms with E-state index in [9.17, 15) is 0 Å². The second kappa shape index (κ2) is 6.41. The first-order valence-corrected chi connectivity index (χ1v) is 11.8. The van der Waals surface area contributed by atoms with E-state index in [1.807, 2.05) is 6.07 Å². The molecular weight excluding hydrogens is 387 g/mol. The molecule has 0 radical (unpaired) electrons. The molecule has 3 aliphatic rings. The highest BCUT2D eigenvalue weighted by Gasteiger charge is 2.69. The van der Waals surface area contributed by atoms with Crippen LogP contribution in [-0.4, -0.2) is 11.4 Å². The summed E-state index contributed by atoms with van der Waals surface area (Å²) in [6.07, 6.45) is 4.38. The van der Waals surface area contributed by atoms with Gasteiger partial charge < -0.3 is 9.47 Å². The molecule has 0 aromatic heterocycles. The molecule has 2 unspecified atom stereocenters. The van der Waals surface area contributed by atoms with Gasteiger partial charge in [0.25, 0.3) is 0 Å². The minimum absolute atomic E-state index is 0.0795. The van der Waals surface area contributed by atoms with Gasteiger partial charge in [-0.05, 0) is 36.7 Å². The van der Waals surface area contributed by atoms with Crippen LogP contribution in [0.15, 0.2) is 108 Å². The molecule has 0 saturated carbocycles. The van der Waals surface area contributed by atoms with Gasteiger partial charge in [-0.25, -0.2) is 0 Å². The molecule has 2 aliphatic heterocycles. The van der Waals surface area contributed by atoms with Gasteiger partial charge in [-0.1, -0.05) is 92.7 Å². The maximum atomic E-state index is 6.66. The third-order valence-electron chi connectivity index (χ3n) is 6.43. The Hall–Kier alpha value is -2.67. The highest BCUT2D eigenvalue weighted by Crippen LogP contribution is 2.70. The topological polar surface area (TPSA) is 21.8 Å². The van der Waals surface area contributed by atoms with Crippen LogP contribution < -0.4 is 15.3 Å². The number of epoxide rings is 1. The summed E-state index contributed by atoms with van der Waals surface area (Å²) in [5.41, 5.74) is 2.32. The van der Waals surface area contributed by atoms with E-state index in [1.165, 1.54) is 21.7 Å². The zero-order chi connectivity index (χ0) is 20.3. The van der Waals surface area contributed by atoms with Crippen LogP contribution in [0.1, 0.15) is 19.4 Å². The van der Waals surface area contributed by atoms with Crippen molar-refractivity contribution in [3.05, 3.63) is 114 Å². The normalized spacial score (nSPS) is 25.2. The summed E-state index contributed by atoms with van der Waals surface area (Å²) in [5.74, 6) is 1.90. The molecule has 2 atom stereocenters. The van der Waals surface area contributed by atoms with Crippen molar-refractivity contribution in [3.63, 3.8) is 0 Å². The van der Waals surface area contributed by atoms with Gasteiger partial charge in [0.1, 0.15) is 17.6 Å². The fourth-order valence-electron chi connectivity index (χ4n) is 5.11. The third kappa shape index (κ3) is 2.44. The van der Waals surface area contributed by atoms with Crippen LogP contribution in [0.25, 0.3) is 0 Å². The van der Waals surface area contributed by atoms with Crippen LogP contribution in [0.3, 0.4) is 0 Å². The molecule has 3 heteroatoms. The largest absolute Gasteiger partial charge is 0.457 e. The lowest BCUT2D eigenvalue weighted by Gasteiger charge is -2.42. The number of hydrogen-bond acceptors (Lipinski definition) is 2. The maximum absolute atomic E-state index is 6.66. The van der Waals surface area contributed by atoms with Gasteiger partial charge in [-0.3, -0.25) is 0 Å². The third-order valence-corrected chi connectivity index (χ3v) is 9.31. The van der Waals surface area contributed by atoms with E-state index in [0.29, 0.717) is 0 Å². The van der Waals surface area contributed by atoms with Gasteiger partial charge in [0.2, 0.25) is 0 Å². The summed E-state index contributed by atoms with van der Waals surface area (Å²) in [6, 6.07) is 30.1. The zero-order valence-corrected chi connectivity index (χ0v) is 18.0. The lowest BCUT2D eigenvalue weighted by Crippen LogP contribution is -2.40. The molecule has 0 amide bonds. The number of allylic oxidation sites excluding steroid dienone is 1. The van der Waals surface area contributed by atoms with Crippen molar-refractivity contribution in [2.24, 2.45) is 0 Å². The van der Waals surface area contributed by atoms with Crippen LogP contribution in [0.5, 0.6) is 5.75 Å². The van der Waals surface area contributed by atoms with Gasteiger partial charge in [-0.15, -0.1) is 0 Å². The SMILES string of the molecule is CC1(C)C2=C(C=CC3OC23P(c2ccccc2)c2ccccc2)Oc2ccccc21. The summed E-state index contributed by atoms with van der Waals surface area (Å²) in [7, 11) is -0.780. The second-order valence-electron chi connectivity index (χ2n) is 8.56. The van der Waals surface area contributed by atoms with Crippen molar-refractivity contribution in [1.29, 1.82) is 0 Å². The first kappa shape index (κ1) is 18.1. The lowest BCUT2D eigenvalue weighted by atomic mass is 9.72. The molecule has 2 nitrogen and oxygen atoms in total. The van der Waals surface area contributed by atoms with Crippen molar-refractivity contribution in [1.82, 2.24) is 0 Å². The molecule has 0 bridgehead atoms. The number of fused-ring (bicyclic) bond motifs is 3. The summed E-state index contributed by atoms with van der Waals surface area (Å²) >= 11 is 0. The first-order chi connectivity index (χ1) is 14.6. The zero-order valence-electron chi connectivity index (χ0n) is 17.1. The molecule has 6 rings (SSSR count). The fraction of sp³-hybridized carbons (Fsp3) is 0.185. The molecule has 3 aromatic rings. The Bertz CT molecular complexity index is 1140. The molecule has 1 saturated heterocycles. The quantitative estimate of drug-likeness (QED) is 0.426. The van der Waals surface area contributed by atoms with Gasteiger partial charge >= 0.3 is 0 Å². The van der Waals surface area contributed by atoms with E-state index in [0.717, 1.165) is 11.5 Å². The molecule has 0 N–H and O–H groups in total. The summed E-state index contributed by atoms with van der Waals surface area (Å²) in [5, 5.41) is 2.29. The maximum Gasteiger partial charge on any atom is 0.151 e. The van der Waals surface area contributed by atoms with Gasteiger partial charge in [0.15, 0.2) is 5.34 Å². The van der Waals surface area contributed by atoms with Crippen molar-refractivity contribution in [2.45, 2.75) is 30.7 Å². The van der Waals surface area contributed by atoms with Crippen molar-refractivity contribution in [3.8, 4) is 5.75 Å². The van der Waals surface area contributed by atoms with Crippen LogP contribution in [0, 0.1) is 0 Å². The monoisotopic (exact) mass is 410 g/mol. The molecule has 3 aromatic carbocycles. The van der Waals surface area contributed by atoms with E-state index in [-0.39, 0.29) is 16.9 Å².